The summed E-state index contributed by atoms with van der Waals surface area (Å²) in [7, 11) is 0. The van der Waals surface area contributed by atoms with Crippen molar-refractivity contribution in [3.63, 3.8) is 0 Å². The Morgan fingerprint density at radius 2 is 1.91 bits per heavy atom. The summed E-state index contributed by atoms with van der Waals surface area (Å²) < 4.78 is 22.7. The van der Waals surface area contributed by atoms with E-state index >= 15 is 0 Å². The highest BCUT2D eigenvalue weighted by Gasteiger charge is 2.21. The van der Waals surface area contributed by atoms with Gasteiger partial charge in [-0.1, -0.05) is 30.3 Å². The summed E-state index contributed by atoms with van der Waals surface area (Å²) in [5, 5.41) is 5.45. The molecule has 5 rings (SSSR count). The predicted octanol–water partition coefficient (Wildman–Crippen LogP) is 4.23. The number of likely N-dealkylation sites (tertiary alicyclic amines) is 1. The summed E-state index contributed by atoms with van der Waals surface area (Å²) >= 11 is 0. The van der Waals surface area contributed by atoms with Gasteiger partial charge in [-0.05, 0) is 36.2 Å². The topological polar surface area (TPSA) is 52.3 Å². The molecule has 8 heteroatoms. The molecular formula is C25H26ClFN4O2. The normalized spacial score (nSPS) is 16.1. The average Bonchev–Trinajstić information content (AvgIpc) is 3.42. The van der Waals surface area contributed by atoms with E-state index < -0.39 is 6.17 Å². The summed E-state index contributed by atoms with van der Waals surface area (Å²) in [5.41, 5.74) is 2.67. The van der Waals surface area contributed by atoms with E-state index in [9.17, 15) is 9.18 Å². The van der Waals surface area contributed by atoms with Gasteiger partial charge in [0.2, 0.25) is 0 Å². The van der Waals surface area contributed by atoms with Crippen molar-refractivity contribution in [2.24, 2.45) is 0 Å². The monoisotopic (exact) mass is 468 g/mol. The van der Waals surface area contributed by atoms with Crippen LogP contribution in [-0.4, -0.2) is 45.1 Å². The van der Waals surface area contributed by atoms with Crippen LogP contribution in [0.1, 0.15) is 12.0 Å². The zero-order valence-corrected chi connectivity index (χ0v) is 19.0. The van der Waals surface area contributed by atoms with Crippen LogP contribution >= 0.6 is 12.4 Å². The lowest BCUT2D eigenvalue weighted by molar-refractivity contribution is 0.277. The van der Waals surface area contributed by atoms with Crippen LogP contribution in [0.25, 0.3) is 16.6 Å². The molecule has 2 aromatic carbocycles. The smallest absolute Gasteiger partial charge is 0.258 e. The van der Waals surface area contributed by atoms with Crippen molar-refractivity contribution in [3.8, 4) is 11.4 Å². The van der Waals surface area contributed by atoms with Crippen LogP contribution < -0.4 is 10.3 Å². The van der Waals surface area contributed by atoms with E-state index in [1.165, 1.54) is 6.07 Å². The number of pyridine rings is 1. The number of halogens is 2. The third-order valence-corrected chi connectivity index (χ3v) is 5.89. The Morgan fingerprint density at radius 3 is 2.67 bits per heavy atom. The maximum atomic E-state index is 13.4. The molecule has 0 saturated carbocycles. The van der Waals surface area contributed by atoms with Crippen LogP contribution in [0.3, 0.4) is 0 Å². The Balaban J connectivity index is 0.00000259. The second kappa shape index (κ2) is 10.2. The number of benzene rings is 2. The van der Waals surface area contributed by atoms with Crippen molar-refractivity contribution in [1.82, 2.24) is 19.2 Å². The van der Waals surface area contributed by atoms with Gasteiger partial charge in [0.05, 0.1) is 18.3 Å². The van der Waals surface area contributed by atoms with E-state index in [2.05, 4.69) is 10.00 Å². The summed E-state index contributed by atoms with van der Waals surface area (Å²) in [6.07, 6.45) is 3.45. The SMILES string of the molecule is Cl.O=c1cc(OCc2ccccc2)ccn1-c1ccc2c(cnn2CCN2CC[C@H](F)C2)c1. The number of fused-ring (bicyclic) bond motifs is 1. The molecule has 0 N–H and O–H groups in total. The highest BCUT2D eigenvalue weighted by atomic mass is 35.5. The van der Waals surface area contributed by atoms with Crippen LogP contribution in [0.5, 0.6) is 5.75 Å². The number of hydrogen-bond donors (Lipinski definition) is 0. The van der Waals surface area contributed by atoms with Crippen LogP contribution in [-0.2, 0) is 13.2 Å². The van der Waals surface area contributed by atoms with E-state index in [0.29, 0.717) is 31.9 Å². The van der Waals surface area contributed by atoms with Gasteiger partial charge in [0.1, 0.15) is 18.5 Å². The Kier molecular flexibility index (Phi) is 7.11. The molecule has 1 saturated heterocycles. The average molecular weight is 469 g/mol. The lowest BCUT2D eigenvalue weighted by Crippen LogP contribution is -2.25. The molecule has 0 radical (unpaired) electrons. The number of alkyl halides is 1. The molecule has 172 valence electrons. The number of nitrogens with zero attached hydrogens (tertiary/aromatic N) is 4. The fraction of sp³-hybridized carbons (Fsp3) is 0.280. The van der Waals surface area contributed by atoms with E-state index in [4.69, 9.17) is 4.74 Å². The fourth-order valence-electron chi connectivity index (χ4n) is 4.13. The molecule has 1 fully saturated rings. The van der Waals surface area contributed by atoms with Gasteiger partial charge in [-0.25, -0.2) is 4.39 Å². The minimum absolute atomic E-state index is 0. The van der Waals surface area contributed by atoms with E-state index in [1.54, 1.807) is 16.8 Å². The maximum Gasteiger partial charge on any atom is 0.258 e. The quantitative estimate of drug-likeness (QED) is 0.407. The second-order valence-electron chi connectivity index (χ2n) is 8.14. The minimum atomic E-state index is -0.708. The molecule has 3 heterocycles. The lowest BCUT2D eigenvalue weighted by Gasteiger charge is -2.14. The molecule has 2 aromatic heterocycles. The number of hydrogen-bond acceptors (Lipinski definition) is 4. The first kappa shape index (κ1) is 23.0. The lowest BCUT2D eigenvalue weighted by atomic mass is 10.2. The summed E-state index contributed by atoms with van der Waals surface area (Å²) in [6.45, 7) is 3.22. The van der Waals surface area contributed by atoms with Crippen LogP contribution in [0.2, 0.25) is 0 Å². The second-order valence-corrected chi connectivity index (χ2v) is 8.14. The van der Waals surface area contributed by atoms with Crippen molar-refractivity contribution in [1.29, 1.82) is 0 Å². The van der Waals surface area contributed by atoms with Crippen molar-refractivity contribution < 1.29 is 9.13 Å². The Bertz CT molecular complexity index is 1270. The molecular weight excluding hydrogens is 443 g/mol. The molecule has 0 aliphatic carbocycles. The zero-order valence-electron chi connectivity index (χ0n) is 18.1. The number of rotatable bonds is 7. The number of aromatic nitrogens is 3. The molecule has 0 amide bonds. The van der Waals surface area contributed by atoms with Gasteiger partial charge in [-0.2, -0.15) is 5.10 Å². The molecule has 1 aliphatic rings. The number of ether oxygens (including phenoxy) is 1. The first-order valence-electron chi connectivity index (χ1n) is 10.9. The molecule has 4 aromatic rings. The highest BCUT2D eigenvalue weighted by Crippen LogP contribution is 2.19. The predicted molar refractivity (Wildman–Crippen MR) is 129 cm³/mol. The van der Waals surface area contributed by atoms with E-state index in [0.717, 1.165) is 35.2 Å². The molecule has 0 spiro atoms. The molecule has 1 aliphatic heterocycles. The van der Waals surface area contributed by atoms with Crippen molar-refractivity contribution in [3.05, 3.63) is 89.0 Å². The molecule has 0 unspecified atom stereocenters. The van der Waals surface area contributed by atoms with E-state index in [-0.39, 0.29) is 18.0 Å². The van der Waals surface area contributed by atoms with Gasteiger partial charge < -0.3 is 4.74 Å². The fourth-order valence-corrected chi connectivity index (χ4v) is 4.13. The molecule has 33 heavy (non-hydrogen) atoms. The van der Waals surface area contributed by atoms with Crippen LogP contribution in [0, 0.1) is 0 Å². The van der Waals surface area contributed by atoms with Gasteiger partial charge in [0, 0.05) is 43.0 Å². The van der Waals surface area contributed by atoms with Gasteiger partial charge in [-0.3, -0.25) is 18.9 Å². The minimum Gasteiger partial charge on any atom is -0.489 e. The third-order valence-electron chi connectivity index (χ3n) is 5.89. The van der Waals surface area contributed by atoms with Gasteiger partial charge in [0.25, 0.3) is 5.56 Å². The van der Waals surface area contributed by atoms with Crippen LogP contribution in [0.15, 0.2) is 77.9 Å². The van der Waals surface area contributed by atoms with Crippen molar-refractivity contribution in [2.75, 3.05) is 19.6 Å². The first-order chi connectivity index (χ1) is 15.7. The van der Waals surface area contributed by atoms with Crippen LogP contribution in [0.4, 0.5) is 4.39 Å². The van der Waals surface area contributed by atoms with Crippen molar-refractivity contribution >= 4 is 23.3 Å². The molecule has 0 bridgehead atoms. The Labute approximate surface area is 197 Å². The Morgan fingerprint density at radius 1 is 1.06 bits per heavy atom. The van der Waals surface area contributed by atoms with Gasteiger partial charge in [0.15, 0.2) is 0 Å². The van der Waals surface area contributed by atoms with Gasteiger partial charge in [-0.15, -0.1) is 12.4 Å². The maximum absolute atomic E-state index is 13.4. The molecule has 6 nitrogen and oxygen atoms in total. The first-order valence-corrected chi connectivity index (χ1v) is 10.9. The van der Waals surface area contributed by atoms with Gasteiger partial charge >= 0.3 is 0 Å². The Hall–Kier alpha value is -3.16. The standard InChI is InChI=1S/C25H25FN4O2.ClH/c26-21-8-10-28(17-21)12-13-30-24-7-6-22(14-20(24)16-27-30)29-11-9-23(15-25(29)31)32-18-19-4-2-1-3-5-19;/h1-7,9,11,14-16,21H,8,10,12-13,17-18H2;1H/t21-;/m0./s1. The largest absolute Gasteiger partial charge is 0.489 e. The molecule has 1 atom stereocenters. The highest BCUT2D eigenvalue weighted by molar-refractivity contribution is 5.85. The summed E-state index contributed by atoms with van der Waals surface area (Å²) in [4.78, 5) is 14.8. The zero-order chi connectivity index (χ0) is 21.9. The summed E-state index contributed by atoms with van der Waals surface area (Å²) in [5.74, 6) is 0.543. The third kappa shape index (κ3) is 5.26. The van der Waals surface area contributed by atoms with Crippen molar-refractivity contribution in [2.45, 2.75) is 25.7 Å². The van der Waals surface area contributed by atoms with E-state index in [1.807, 2.05) is 59.4 Å². The summed E-state index contributed by atoms with van der Waals surface area (Å²) in [6, 6.07) is 19.0.